The van der Waals surface area contributed by atoms with E-state index >= 15 is 0 Å². The second-order valence-corrected chi connectivity index (χ2v) is 6.09. The molecule has 4 heteroatoms. The third-order valence-electron chi connectivity index (χ3n) is 4.80. The number of ether oxygens (including phenoxy) is 4. The maximum absolute atomic E-state index is 6.28. The fourth-order valence-electron chi connectivity index (χ4n) is 3.66. The van der Waals surface area contributed by atoms with Crippen LogP contribution >= 0.6 is 0 Å². The molecule has 110 valence electrons. The highest BCUT2D eigenvalue weighted by atomic mass is 16.7. The minimum Gasteiger partial charge on any atom is -0.381 e. The van der Waals surface area contributed by atoms with Gasteiger partial charge in [0.05, 0.1) is 31.5 Å². The highest BCUT2D eigenvalue weighted by molar-refractivity contribution is 4.84. The molecule has 3 fully saturated rings. The normalized spacial score (nSPS) is 35.8. The molecule has 4 nitrogen and oxygen atoms in total. The quantitative estimate of drug-likeness (QED) is 0.790. The van der Waals surface area contributed by atoms with Crippen molar-refractivity contribution in [3.8, 4) is 0 Å². The zero-order chi connectivity index (χ0) is 13.1. The molecule has 2 aliphatic carbocycles. The van der Waals surface area contributed by atoms with Gasteiger partial charge in [0.15, 0.2) is 5.79 Å². The molecule has 2 unspecified atom stereocenters. The van der Waals surface area contributed by atoms with Crippen LogP contribution in [0.3, 0.4) is 0 Å². The summed E-state index contributed by atoms with van der Waals surface area (Å²) in [5, 5.41) is 0. The Morgan fingerprint density at radius 3 is 2.26 bits per heavy atom. The number of rotatable bonds is 3. The van der Waals surface area contributed by atoms with Crippen LogP contribution in [-0.4, -0.2) is 44.4 Å². The molecule has 1 aliphatic heterocycles. The first-order chi connectivity index (χ1) is 9.30. The van der Waals surface area contributed by atoms with Gasteiger partial charge in [0.25, 0.3) is 0 Å². The monoisotopic (exact) mass is 270 g/mol. The van der Waals surface area contributed by atoms with Crippen LogP contribution in [0.25, 0.3) is 0 Å². The van der Waals surface area contributed by atoms with Crippen molar-refractivity contribution < 1.29 is 18.9 Å². The number of hydrogen-bond donors (Lipinski definition) is 0. The van der Waals surface area contributed by atoms with E-state index in [0.29, 0.717) is 18.3 Å². The SMILES string of the molecule is COC1CCCC(OC2CCC3(CC2)OCCO3)C1. The van der Waals surface area contributed by atoms with E-state index in [-0.39, 0.29) is 5.79 Å². The number of methoxy groups -OCH3 is 1. The van der Waals surface area contributed by atoms with Crippen LogP contribution in [0.1, 0.15) is 51.4 Å². The van der Waals surface area contributed by atoms with E-state index in [2.05, 4.69) is 0 Å². The lowest BCUT2D eigenvalue weighted by atomic mass is 9.90. The Kier molecular flexibility index (Phi) is 4.42. The van der Waals surface area contributed by atoms with Crippen molar-refractivity contribution in [3.63, 3.8) is 0 Å². The van der Waals surface area contributed by atoms with Gasteiger partial charge in [-0.25, -0.2) is 0 Å². The highest BCUT2D eigenvalue weighted by Gasteiger charge is 2.41. The first-order valence-corrected chi connectivity index (χ1v) is 7.76. The summed E-state index contributed by atoms with van der Waals surface area (Å²) in [4.78, 5) is 0. The van der Waals surface area contributed by atoms with Gasteiger partial charge in [-0.05, 0) is 38.5 Å². The molecular weight excluding hydrogens is 244 g/mol. The molecule has 3 aliphatic rings. The van der Waals surface area contributed by atoms with E-state index < -0.39 is 0 Å². The zero-order valence-corrected chi connectivity index (χ0v) is 11.9. The molecule has 0 bridgehead atoms. The summed E-state index contributed by atoms with van der Waals surface area (Å²) in [7, 11) is 1.81. The highest BCUT2D eigenvalue weighted by Crippen LogP contribution is 2.37. The van der Waals surface area contributed by atoms with Gasteiger partial charge in [-0.2, -0.15) is 0 Å². The fourth-order valence-corrected chi connectivity index (χ4v) is 3.66. The second-order valence-electron chi connectivity index (χ2n) is 6.09. The van der Waals surface area contributed by atoms with Gasteiger partial charge in [-0.3, -0.25) is 0 Å². The molecule has 2 atom stereocenters. The maximum Gasteiger partial charge on any atom is 0.168 e. The summed E-state index contributed by atoms with van der Waals surface area (Å²) in [6, 6.07) is 0. The molecule has 0 aromatic carbocycles. The molecule has 0 amide bonds. The predicted molar refractivity (Wildman–Crippen MR) is 71.0 cm³/mol. The average molecular weight is 270 g/mol. The van der Waals surface area contributed by atoms with Crippen molar-refractivity contribution in [1.29, 1.82) is 0 Å². The fraction of sp³-hybridized carbons (Fsp3) is 1.00. The molecule has 0 aromatic rings. The Balaban J connectivity index is 1.44. The van der Waals surface area contributed by atoms with Crippen molar-refractivity contribution in [2.75, 3.05) is 20.3 Å². The van der Waals surface area contributed by atoms with Crippen LogP contribution in [0, 0.1) is 0 Å². The van der Waals surface area contributed by atoms with Crippen molar-refractivity contribution in [2.24, 2.45) is 0 Å². The van der Waals surface area contributed by atoms with Crippen LogP contribution in [0.15, 0.2) is 0 Å². The third kappa shape index (κ3) is 3.30. The summed E-state index contributed by atoms with van der Waals surface area (Å²) in [6.07, 6.45) is 9.94. The molecule has 2 saturated carbocycles. The van der Waals surface area contributed by atoms with E-state index in [1.807, 2.05) is 7.11 Å². The van der Waals surface area contributed by atoms with E-state index in [1.54, 1.807) is 0 Å². The van der Waals surface area contributed by atoms with Crippen LogP contribution in [0.2, 0.25) is 0 Å². The predicted octanol–water partition coefficient (Wildman–Crippen LogP) is 2.65. The average Bonchev–Trinajstić information content (AvgIpc) is 2.90. The Labute approximate surface area is 115 Å². The van der Waals surface area contributed by atoms with Crippen molar-refractivity contribution in [3.05, 3.63) is 0 Å². The standard InChI is InChI=1S/C15H26O4/c1-16-13-3-2-4-14(11-13)19-12-5-7-15(8-6-12)17-9-10-18-15/h12-14H,2-11H2,1H3. The van der Waals surface area contributed by atoms with Gasteiger partial charge in [0, 0.05) is 20.0 Å². The molecule has 0 aromatic heterocycles. The van der Waals surface area contributed by atoms with E-state index in [4.69, 9.17) is 18.9 Å². The molecule has 3 rings (SSSR count). The van der Waals surface area contributed by atoms with Crippen LogP contribution < -0.4 is 0 Å². The largest absolute Gasteiger partial charge is 0.381 e. The van der Waals surface area contributed by atoms with Gasteiger partial charge in [0.1, 0.15) is 0 Å². The maximum atomic E-state index is 6.28. The van der Waals surface area contributed by atoms with Gasteiger partial charge >= 0.3 is 0 Å². The van der Waals surface area contributed by atoms with Gasteiger partial charge < -0.3 is 18.9 Å². The summed E-state index contributed by atoms with van der Waals surface area (Å²) in [6.45, 7) is 1.51. The van der Waals surface area contributed by atoms with Crippen molar-refractivity contribution in [2.45, 2.75) is 75.5 Å². The first kappa shape index (κ1) is 13.8. The number of hydrogen-bond acceptors (Lipinski definition) is 4. The Morgan fingerprint density at radius 2 is 1.58 bits per heavy atom. The van der Waals surface area contributed by atoms with Gasteiger partial charge in [-0.15, -0.1) is 0 Å². The van der Waals surface area contributed by atoms with E-state index in [1.165, 1.54) is 19.3 Å². The summed E-state index contributed by atoms with van der Waals surface area (Å²) in [5.41, 5.74) is 0. The van der Waals surface area contributed by atoms with E-state index in [0.717, 1.165) is 45.3 Å². The minimum atomic E-state index is -0.262. The Hall–Kier alpha value is -0.160. The van der Waals surface area contributed by atoms with Gasteiger partial charge in [-0.1, -0.05) is 0 Å². The third-order valence-corrected chi connectivity index (χ3v) is 4.80. The van der Waals surface area contributed by atoms with Crippen LogP contribution in [-0.2, 0) is 18.9 Å². The molecule has 1 spiro atoms. The first-order valence-electron chi connectivity index (χ1n) is 7.76. The molecule has 0 radical (unpaired) electrons. The Morgan fingerprint density at radius 1 is 0.895 bits per heavy atom. The summed E-state index contributed by atoms with van der Waals surface area (Å²) >= 11 is 0. The van der Waals surface area contributed by atoms with Gasteiger partial charge in [0.2, 0.25) is 0 Å². The smallest absolute Gasteiger partial charge is 0.168 e. The van der Waals surface area contributed by atoms with E-state index in [9.17, 15) is 0 Å². The van der Waals surface area contributed by atoms with Crippen LogP contribution in [0.5, 0.6) is 0 Å². The summed E-state index contributed by atoms with van der Waals surface area (Å²) in [5.74, 6) is -0.262. The lowest BCUT2D eigenvalue weighted by molar-refractivity contribution is -0.197. The topological polar surface area (TPSA) is 36.9 Å². The lowest BCUT2D eigenvalue weighted by Crippen LogP contribution is -2.39. The molecule has 1 saturated heterocycles. The zero-order valence-electron chi connectivity index (χ0n) is 11.9. The molecular formula is C15H26O4. The van der Waals surface area contributed by atoms with Crippen molar-refractivity contribution >= 4 is 0 Å². The Bertz CT molecular complexity index is 278. The van der Waals surface area contributed by atoms with Crippen LogP contribution in [0.4, 0.5) is 0 Å². The summed E-state index contributed by atoms with van der Waals surface area (Å²) < 4.78 is 23.3. The lowest BCUT2D eigenvalue weighted by Gasteiger charge is -2.38. The second kappa shape index (κ2) is 6.08. The molecule has 19 heavy (non-hydrogen) atoms. The molecule has 0 N–H and O–H groups in total. The molecule has 1 heterocycles. The minimum absolute atomic E-state index is 0.262. The van der Waals surface area contributed by atoms with Crippen molar-refractivity contribution in [1.82, 2.24) is 0 Å².